The van der Waals surface area contributed by atoms with Crippen LogP contribution in [0.25, 0.3) is 0 Å². The fourth-order valence-corrected chi connectivity index (χ4v) is 2.04. The first-order chi connectivity index (χ1) is 7.89. The van der Waals surface area contributed by atoms with Crippen molar-refractivity contribution in [2.24, 2.45) is 0 Å². The van der Waals surface area contributed by atoms with Crippen LogP contribution < -0.4 is 0 Å². The lowest BCUT2D eigenvalue weighted by Crippen LogP contribution is -1.91. The number of carbonyl (C=O) groups excluding carboxylic acids is 1. The Labute approximate surface area is 99.6 Å². The molecule has 0 heterocycles. The van der Waals surface area contributed by atoms with Crippen LogP contribution in [0.2, 0.25) is 0 Å². The molecule has 0 saturated heterocycles. The summed E-state index contributed by atoms with van der Waals surface area (Å²) in [5, 5.41) is 0. The Morgan fingerprint density at radius 3 is 2.12 bits per heavy atom. The quantitative estimate of drug-likeness (QED) is 0.584. The molecular formula is C15H24O. The molecule has 0 N–H and O–H groups in total. The molecule has 1 heteroatoms. The molecule has 1 rings (SSSR count). The highest BCUT2D eigenvalue weighted by Crippen LogP contribution is 2.11. The van der Waals surface area contributed by atoms with Gasteiger partial charge in [-0.05, 0) is 25.3 Å². The van der Waals surface area contributed by atoms with Crippen LogP contribution in [0.5, 0.6) is 0 Å². The zero-order valence-corrected chi connectivity index (χ0v) is 10.3. The second-order valence-electron chi connectivity index (χ2n) is 4.62. The molecule has 16 heavy (non-hydrogen) atoms. The van der Waals surface area contributed by atoms with Crippen molar-refractivity contribution in [2.75, 3.05) is 0 Å². The van der Waals surface area contributed by atoms with Crippen LogP contribution in [0, 0.1) is 0 Å². The average Bonchev–Trinajstić information content (AvgIpc) is 2.29. The van der Waals surface area contributed by atoms with Crippen molar-refractivity contribution < 1.29 is 4.79 Å². The molecule has 0 spiro atoms. The third kappa shape index (κ3) is 7.44. The van der Waals surface area contributed by atoms with Crippen molar-refractivity contribution in [3.05, 3.63) is 24.3 Å². The summed E-state index contributed by atoms with van der Waals surface area (Å²) < 4.78 is 0. The van der Waals surface area contributed by atoms with Crippen LogP contribution in [0.1, 0.15) is 64.2 Å². The van der Waals surface area contributed by atoms with Gasteiger partial charge < -0.3 is 0 Å². The molecule has 90 valence electrons. The highest BCUT2D eigenvalue weighted by molar-refractivity contribution is 5.89. The molecule has 1 nitrogen and oxygen atoms in total. The van der Waals surface area contributed by atoms with E-state index in [0.717, 1.165) is 19.3 Å². The maximum Gasteiger partial charge on any atom is 0.155 e. The van der Waals surface area contributed by atoms with Gasteiger partial charge >= 0.3 is 0 Å². The summed E-state index contributed by atoms with van der Waals surface area (Å²) in [7, 11) is 0. The Balaban J connectivity index is 2.29. The molecular weight excluding hydrogens is 196 g/mol. The van der Waals surface area contributed by atoms with Crippen molar-refractivity contribution in [1.82, 2.24) is 0 Å². The maximum atomic E-state index is 11.4. The standard InChI is InChI=1S/C15H24O/c16-15-13-11-9-7-5-3-1-2-4-6-8-10-12-14-15/h7,9,11,13H,1-6,8,10,12,14H2. The van der Waals surface area contributed by atoms with Gasteiger partial charge in [-0.3, -0.25) is 4.79 Å². The minimum atomic E-state index is 0.277. The highest BCUT2D eigenvalue weighted by Gasteiger charge is 1.97. The summed E-state index contributed by atoms with van der Waals surface area (Å²) in [6.07, 6.45) is 20.0. The molecule has 0 saturated carbocycles. The highest BCUT2D eigenvalue weighted by atomic mass is 16.1. The first-order valence-corrected chi connectivity index (χ1v) is 6.75. The Morgan fingerprint density at radius 1 is 0.750 bits per heavy atom. The zero-order valence-electron chi connectivity index (χ0n) is 10.3. The van der Waals surface area contributed by atoms with E-state index < -0.39 is 0 Å². The first-order valence-electron chi connectivity index (χ1n) is 6.75. The Kier molecular flexibility index (Phi) is 7.75. The van der Waals surface area contributed by atoms with Gasteiger partial charge in [0.05, 0.1) is 0 Å². The summed E-state index contributed by atoms with van der Waals surface area (Å²) in [6.45, 7) is 0. The molecule has 1 aliphatic carbocycles. The fraction of sp³-hybridized carbons (Fsp3) is 0.667. The second-order valence-corrected chi connectivity index (χ2v) is 4.62. The molecule has 0 atom stereocenters. The van der Waals surface area contributed by atoms with E-state index in [4.69, 9.17) is 0 Å². The summed E-state index contributed by atoms with van der Waals surface area (Å²) in [5.41, 5.74) is 0. The number of ketones is 1. The molecule has 0 aromatic rings. The van der Waals surface area contributed by atoms with E-state index in [9.17, 15) is 4.79 Å². The Morgan fingerprint density at radius 2 is 1.38 bits per heavy atom. The fourth-order valence-electron chi connectivity index (χ4n) is 2.04. The van der Waals surface area contributed by atoms with Gasteiger partial charge in [-0.2, -0.15) is 0 Å². The van der Waals surface area contributed by atoms with Crippen LogP contribution in [0.3, 0.4) is 0 Å². The predicted molar refractivity (Wildman–Crippen MR) is 69.5 cm³/mol. The van der Waals surface area contributed by atoms with E-state index in [2.05, 4.69) is 6.08 Å². The van der Waals surface area contributed by atoms with Gasteiger partial charge in [0, 0.05) is 6.42 Å². The minimum absolute atomic E-state index is 0.277. The molecule has 0 fully saturated rings. The van der Waals surface area contributed by atoms with Gasteiger partial charge in [0.15, 0.2) is 5.78 Å². The maximum absolute atomic E-state index is 11.4. The van der Waals surface area contributed by atoms with Crippen LogP contribution in [-0.2, 0) is 4.79 Å². The van der Waals surface area contributed by atoms with Crippen LogP contribution in [-0.4, -0.2) is 5.78 Å². The average molecular weight is 220 g/mol. The monoisotopic (exact) mass is 220 g/mol. The van der Waals surface area contributed by atoms with E-state index in [-0.39, 0.29) is 5.78 Å². The molecule has 0 bridgehead atoms. The second kappa shape index (κ2) is 9.38. The largest absolute Gasteiger partial charge is 0.295 e. The lowest BCUT2D eigenvalue weighted by atomic mass is 10.1. The van der Waals surface area contributed by atoms with Crippen molar-refractivity contribution in [1.29, 1.82) is 0 Å². The molecule has 0 aliphatic heterocycles. The third-order valence-electron chi connectivity index (χ3n) is 3.07. The van der Waals surface area contributed by atoms with Crippen LogP contribution >= 0.6 is 0 Å². The van der Waals surface area contributed by atoms with Crippen molar-refractivity contribution in [3.8, 4) is 0 Å². The van der Waals surface area contributed by atoms with E-state index in [1.54, 1.807) is 6.08 Å². The lowest BCUT2D eigenvalue weighted by molar-refractivity contribution is -0.114. The first kappa shape index (κ1) is 13.2. The van der Waals surface area contributed by atoms with E-state index in [0.29, 0.717) is 0 Å². The summed E-state index contributed by atoms with van der Waals surface area (Å²) >= 11 is 0. The normalized spacial score (nSPS) is 21.4. The van der Waals surface area contributed by atoms with Gasteiger partial charge in [0.1, 0.15) is 0 Å². The van der Waals surface area contributed by atoms with Crippen molar-refractivity contribution in [2.45, 2.75) is 64.2 Å². The van der Waals surface area contributed by atoms with E-state index in [1.807, 2.05) is 12.2 Å². The van der Waals surface area contributed by atoms with Gasteiger partial charge in [-0.15, -0.1) is 0 Å². The molecule has 0 aromatic carbocycles. The van der Waals surface area contributed by atoms with E-state index >= 15 is 0 Å². The molecule has 0 amide bonds. The summed E-state index contributed by atoms with van der Waals surface area (Å²) in [6, 6.07) is 0. The number of rotatable bonds is 0. The summed E-state index contributed by atoms with van der Waals surface area (Å²) in [4.78, 5) is 11.4. The number of hydrogen-bond acceptors (Lipinski definition) is 1. The molecule has 0 radical (unpaired) electrons. The smallest absolute Gasteiger partial charge is 0.155 e. The number of hydrogen-bond donors (Lipinski definition) is 0. The minimum Gasteiger partial charge on any atom is -0.295 e. The van der Waals surface area contributed by atoms with Crippen LogP contribution in [0.15, 0.2) is 24.3 Å². The number of allylic oxidation sites excluding steroid dienone is 4. The number of carbonyl (C=O) groups is 1. The van der Waals surface area contributed by atoms with Gasteiger partial charge in [0.2, 0.25) is 0 Å². The van der Waals surface area contributed by atoms with Gasteiger partial charge in [-0.25, -0.2) is 0 Å². The third-order valence-corrected chi connectivity index (χ3v) is 3.07. The SMILES string of the molecule is O=C1C=CC=CCCCCCCCCCC1. The van der Waals surface area contributed by atoms with Gasteiger partial charge in [-0.1, -0.05) is 56.8 Å². The molecule has 0 aromatic heterocycles. The molecule has 0 unspecified atom stereocenters. The zero-order chi connectivity index (χ0) is 11.5. The van der Waals surface area contributed by atoms with E-state index in [1.165, 1.54) is 44.9 Å². The Bertz CT molecular complexity index is 238. The van der Waals surface area contributed by atoms with Crippen molar-refractivity contribution >= 4 is 5.78 Å². The lowest BCUT2D eigenvalue weighted by Gasteiger charge is -2.00. The topological polar surface area (TPSA) is 17.1 Å². The van der Waals surface area contributed by atoms with Gasteiger partial charge in [0.25, 0.3) is 0 Å². The van der Waals surface area contributed by atoms with Crippen molar-refractivity contribution in [3.63, 3.8) is 0 Å². The van der Waals surface area contributed by atoms with Crippen LogP contribution in [0.4, 0.5) is 0 Å². The summed E-state index contributed by atoms with van der Waals surface area (Å²) in [5.74, 6) is 0.277. The predicted octanol–water partition coefficient (Wildman–Crippen LogP) is 4.58. The Hall–Kier alpha value is -0.850. The molecule has 1 aliphatic rings.